The highest BCUT2D eigenvalue weighted by Crippen LogP contribution is 2.40. The van der Waals surface area contributed by atoms with Gasteiger partial charge in [0.1, 0.15) is 5.75 Å². The molecule has 1 atom stereocenters. The van der Waals surface area contributed by atoms with E-state index in [2.05, 4.69) is 5.43 Å². The van der Waals surface area contributed by atoms with Gasteiger partial charge >= 0.3 is 0 Å². The van der Waals surface area contributed by atoms with Gasteiger partial charge in [-0.3, -0.25) is 0 Å². The molecule has 0 fully saturated rings. The first-order valence-corrected chi connectivity index (χ1v) is 14.3. The molecular weight excluding hydrogens is 520 g/mol. The lowest BCUT2D eigenvalue weighted by atomic mass is 10.0. The van der Waals surface area contributed by atoms with Crippen LogP contribution in [-0.4, -0.2) is 29.7 Å². The lowest BCUT2D eigenvalue weighted by molar-refractivity contribution is 0.348. The highest BCUT2D eigenvalue weighted by atomic mass is 32.2. The van der Waals surface area contributed by atoms with Crippen molar-refractivity contribution >= 4 is 15.7 Å². The van der Waals surface area contributed by atoms with Crippen LogP contribution in [-0.2, 0) is 10.0 Å². The van der Waals surface area contributed by atoms with E-state index in [9.17, 15) is 8.42 Å². The molecule has 5 aromatic rings. The summed E-state index contributed by atoms with van der Waals surface area (Å²) in [6.07, 6.45) is 3.85. The Morgan fingerprint density at radius 3 is 2.08 bits per heavy atom. The van der Waals surface area contributed by atoms with Gasteiger partial charge in [0.2, 0.25) is 0 Å². The van der Waals surface area contributed by atoms with Gasteiger partial charge in [0.25, 0.3) is 10.0 Å². The monoisotopic (exact) mass is 548 g/mol. The van der Waals surface area contributed by atoms with Crippen LogP contribution >= 0.6 is 0 Å². The summed E-state index contributed by atoms with van der Waals surface area (Å²) >= 11 is 0. The van der Waals surface area contributed by atoms with Crippen LogP contribution in [0.4, 0.5) is 0 Å². The first kappa shape index (κ1) is 25.6. The van der Waals surface area contributed by atoms with Crippen molar-refractivity contribution in [3.63, 3.8) is 0 Å². The smallest absolute Gasteiger partial charge is 0.260 e. The fourth-order valence-electron chi connectivity index (χ4n) is 4.77. The van der Waals surface area contributed by atoms with Crippen LogP contribution in [0.3, 0.4) is 0 Å². The largest absolute Gasteiger partial charge is 0.497 e. The zero-order valence-corrected chi connectivity index (χ0v) is 22.9. The Morgan fingerprint density at radius 1 is 0.800 bits per heavy atom. The third-order valence-corrected chi connectivity index (χ3v) is 8.62. The van der Waals surface area contributed by atoms with Crippen LogP contribution in [0.1, 0.15) is 22.7 Å². The Labute approximate surface area is 234 Å². The minimum atomic E-state index is -3.94. The van der Waals surface area contributed by atoms with Crippen molar-refractivity contribution < 1.29 is 13.2 Å². The lowest BCUT2D eigenvalue weighted by Gasteiger charge is -2.24. The predicted molar refractivity (Wildman–Crippen MR) is 156 cm³/mol. The Bertz CT molecular complexity index is 1760. The highest BCUT2D eigenvalue weighted by molar-refractivity contribution is 7.89. The summed E-state index contributed by atoms with van der Waals surface area (Å²) in [7, 11) is -2.33. The summed E-state index contributed by atoms with van der Waals surface area (Å²) in [6, 6.07) is 33.2. The quantitative estimate of drug-likeness (QED) is 0.264. The van der Waals surface area contributed by atoms with E-state index in [4.69, 9.17) is 9.84 Å². The van der Waals surface area contributed by atoms with Gasteiger partial charge in [0.05, 0.1) is 35.1 Å². The third-order valence-electron chi connectivity index (χ3n) is 6.92. The van der Waals surface area contributed by atoms with Crippen LogP contribution in [0.5, 0.6) is 5.75 Å². The second-order valence-corrected chi connectivity index (χ2v) is 11.4. The SMILES string of the molecule is COc1ccc(C2=C[C@H](c3cn(-c4ccccc4)nc3-c3ccc(C)cc3)N(S(=O)(=O)c3ccccc3)N2)cc1. The van der Waals surface area contributed by atoms with Crippen molar-refractivity contribution in [2.75, 3.05) is 7.11 Å². The summed E-state index contributed by atoms with van der Waals surface area (Å²) in [5.74, 6) is 0.721. The molecule has 8 heteroatoms. The van der Waals surface area contributed by atoms with E-state index >= 15 is 0 Å². The number of hydrogen-bond donors (Lipinski definition) is 1. The number of hydrazine groups is 1. The number of para-hydroxylation sites is 1. The number of aryl methyl sites for hydroxylation is 1. The second-order valence-electron chi connectivity index (χ2n) is 9.56. The van der Waals surface area contributed by atoms with E-state index in [1.54, 1.807) is 42.1 Å². The molecule has 0 saturated carbocycles. The molecule has 0 unspecified atom stereocenters. The average molecular weight is 549 g/mol. The first-order valence-electron chi connectivity index (χ1n) is 12.9. The molecule has 1 aliphatic heterocycles. The van der Waals surface area contributed by atoms with Crippen LogP contribution in [0.25, 0.3) is 22.6 Å². The number of nitrogens with zero attached hydrogens (tertiary/aromatic N) is 3. The summed E-state index contributed by atoms with van der Waals surface area (Å²) < 4.78 is 36.5. The van der Waals surface area contributed by atoms with E-state index in [-0.39, 0.29) is 4.90 Å². The van der Waals surface area contributed by atoms with E-state index < -0.39 is 16.1 Å². The maximum Gasteiger partial charge on any atom is 0.260 e. The zero-order valence-electron chi connectivity index (χ0n) is 22.1. The summed E-state index contributed by atoms with van der Waals surface area (Å²) in [4.78, 5) is 0.198. The van der Waals surface area contributed by atoms with Crippen LogP contribution in [0, 0.1) is 6.92 Å². The number of methoxy groups -OCH3 is 1. The normalized spacial score (nSPS) is 15.4. The van der Waals surface area contributed by atoms with Crippen molar-refractivity contribution in [1.82, 2.24) is 19.6 Å². The van der Waals surface area contributed by atoms with Gasteiger partial charge in [-0.2, -0.15) is 5.10 Å². The second kappa shape index (κ2) is 10.5. The van der Waals surface area contributed by atoms with Crippen LogP contribution in [0.15, 0.2) is 126 Å². The van der Waals surface area contributed by atoms with E-state index in [0.717, 1.165) is 33.7 Å². The van der Waals surface area contributed by atoms with Gasteiger partial charge in [0.15, 0.2) is 0 Å². The van der Waals surface area contributed by atoms with Gasteiger partial charge in [-0.1, -0.05) is 66.2 Å². The van der Waals surface area contributed by atoms with Gasteiger partial charge in [-0.15, -0.1) is 4.41 Å². The summed E-state index contributed by atoms with van der Waals surface area (Å²) in [5.41, 5.74) is 9.08. The first-order chi connectivity index (χ1) is 19.4. The number of rotatable bonds is 7. The summed E-state index contributed by atoms with van der Waals surface area (Å²) in [6.45, 7) is 2.03. The topological polar surface area (TPSA) is 76.5 Å². The molecule has 0 amide bonds. The molecule has 200 valence electrons. The van der Waals surface area contributed by atoms with Crippen molar-refractivity contribution in [2.45, 2.75) is 17.9 Å². The standard InChI is InChI=1S/C32H28N4O3S/c1-23-13-15-25(16-14-23)32-29(22-35(34-32)26-9-5-3-6-10-26)31-21-30(24-17-19-27(39-2)20-18-24)33-36(31)40(37,38)28-11-7-4-8-12-28/h3-22,31,33H,1-2H3/t31-/m1/s1. The van der Waals surface area contributed by atoms with E-state index in [1.165, 1.54) is 4.41 Å². The molecule has 0 radical (unpaired) electrons. The van der Waals surface area contributed by atoms with Crippen molar-refractivity contribution in [1.29, 1.82) is 0 Å². The molecule has 4 aromatic carbocycles. The van der Waals surface area contributed by atoms with Gasteiger partial charge in [-0.05, 0) is 67.1 Å². The Hall–Kier alpha value is -4.66. The van der Waals surface area contributed by atoms with E-state index in [0.29, 0.717) is 11.4 Å². The Balaban J connectivity index is 1.53. The molecule has 1 N–H and O–H groups in total. The molecule has 1 aromatic heterocycles. The molecule has 0 saturated heterocycles. The van der Waals surface area contributed by atoms with Crippen molar-refractivity contribution in [2.24, 2.45) is 0 Å². The van der Waals surface area contributed by atoms with Gasteiger partial charge in [0, 0.05) is 17.3 Å². The third kappa shape index (κ3) is 4.79. The number of hydrogen-bond acceptors (Lipinski definition) is 5. The molecule has 0 spiro atoms. The van der Waals surface area contributed by atoms with Crippen molar-refractivity contribution in [3.05, 3.63) is 138 Å². The fraction of sp³-hybridized carbons (Fsp3) is 0.0938. The predicted octanol–water partition coefficient (Wildman–Crippen LogP) is 6.15. The van der Waals surface area contributed by atoms with Crippen LogP contribution < -0.4 is 10.2 Å². The maximum atomic E-state index is 14.0. The molecule has 40 heavy (non-hydrogen) atoms. The average Bonchev–Trinajstić information content (AvgIpc) is 3.64. The van der Waals surface area contributed by atoms with Crippen LogP contribution in [0.2, 0.25) is 0 Å². The number of ether oxygens (including phenoxy) is 1. The number of sulfonamides is 1. The van der Waals surface area contributed by atoms with E-state index in [1.807, 2.05) is 98.1 Å². The molecule has 7 nitrogen and oxygen atoms in total. The number of aromatic nitrogens is 2. The maximum absolute atomic E-state index is 14.0. The molecule has 6 rings (SSSR count). The Kier molecular flexibility index (Phi) is 6.71. The van der Waals surface area contributed by atoms with Gasteiger partial charge in [-0.25, -0.2) is 13.1 Å². The zero-order chi connectivity index (χ0) is 27.7. The molecule has 0 bridgehead atoms. The number of benzene rings is 4. The lowest BCUT2D eigenvalue weighted by Crippen LogP contribution is -2.39. The van der Waals surface area contributed by atoms with Crippen molar-refractivity contribution in [3.8, 4) is 22.7 Å². The minimum Gasteiger partial charge on any atom is -0.497 e. The molecule has 0 aliphatic carbocycles. The minimum absolute atomic E-state index is 0.198. The molecule has 1 aliphatic rings. The molecule has 2 heterocycles. The fourth-order valence-corrected chi connectivity index (χ4v) is 6.19. The van der Waals surface area contributed by atoms with Gasteiger partial charge < -0.3 is 10.2 Å². The Morgan fingerprint density at radius 2 is 1.43 bits per heavy atom. The summed E-state index contributed by atoms with van der Waals surface area (Å²) in [5, 5.41) is 4.96. The molecular formula is C32H28N4O3S. The highest BCUT2D eigenvalue weighted by Gasteiger charge is 2.39. The number of nitrogens with one attached hydrogen (secondary N) is 1.